The molecule has 0 spiro atoms. The molecule has 5 heteroatoms. The van der Waals surface area contributed by atoms with Crippen LogP contribution >= 0.6 is 12.6 Å². The van der Waals surface area contributed by atoms with Crippen LogP contribution in [0.4, 0.5) is 13.2 Å². The van der Waals surface area contributed by atoms with E-state index in [1.165, 1.54) is 12.1 Å². The van der Waals surface area contributed by atoms with Gasteiger partial charge in [-0.3, -0.25) is 0 Å². The van der Waals surface area contributed by atoms with Crippen LogP contribution in [0, 0.1) is 0 Å². The molecule has 0 bridgehead atoms. The summed E-state index contributed by atoms with van der Waals surface area (Å²) in [6.45, 7) is 1.85. The summed E-state index contributed by atoms with van der Waals surface area (Å²) in [4.78, 5) is 0.462. The highest BCUT2D eigenvalue weighted by atomic mass is 32.1. The summed E-state index contributed by atoms with van der Waals surface area (Å²) in [6, 6.07) is 4.29. The summed E-state index contributed by atoms with van der Waals surface area (Å²) >= 11 is 3.98. The fraction of sp³-hybridized carbons (Fsp3) is 0.333. The molecule has 14 heavy (non-hydrogen) atoms. The molecule has 0 amide bonds. The van der Waals surface area contributed by atoms with Crippen molar-refractivity contribution >= 4 is 12.6 Å². The van der Waals surface area contributed by atoms with Crippen LogP contribution in [0.2, 0.25) is 0 Å². The Bertz CT molecular complexity index is 322. The first-order valence-corrected chi connectivity index (χ1v) is 4.44. The number of rotatable bonds is 2. The number of halogens is 3. The Kier molecular flexibility index (Phi) is 3.31. The lowest BCUT2D eigenvalue weighted by Crippen LogP contribution is -2.17. The largest absolute Gasteiger partial charge is 0.573 e. The van der Waals surface area contributed by atoms with Crippen LogP contribution in [0.5, 0.6) is 5.75 Å². The van der Waals surface area contributed by atoms with E-state index in [1.54, 1.807) is 6.07 Å². The van der Waals surface area contributed by atoms with Crippen molar-refractivity contribution in [3.05, 3.63) is 23.8 Å². The molecule has 1 rings (SSSR count). The molecular weight excluding hydrogens is 213 g/mol. The Morgan fingerprint density at radius 3 is 2.43 bits per heavy atom. The summed E-state index contributed by atoms with van der Waals surface area (Å²) in [6.07, 6.45) is -4.00. The summed E-state index contributed by atoms with van der Waals surface area (Å²) < 4.78 is 39.4. The minimum Gasteiger partial charge on any atom is -0.406 e. The van der Waals surface area contributed by atoms with E-state index in [-0.39, 0.29) is 5.75 Å². The molecule has 0 aromatic heterocycles. The molecule has 0 aliphatic rings. The van der Waals surface area contributed by atoms with Crippen molar-refractivity contribution < 1.29 is 17.9 Å². The molecule has 0 saturated heterocycles. The standard InChI is InChI=1S/C9H9F3OS/c1-2-6-3-7(5-8(14)4-6)13-9(10,11)12/h3-5,14H,2H2,1H3. The van der Waals surface area contributed by atoms with Crippen LogP contribution < -0.4 is 4.74 Å². The highest BCUT2D eigenvalue weighted by Crippen LogP contribution is 2.26. The second-order valence-electron chi connectivity index (χ2n) is 2.74. The van der Waals surface area contributed by atoms with E-state index in [2.05, 4.69) is 17.4 Å². The molecule has 0 aliphatic carbocycles. The third-order valence-electron chi connectivity index (χ3n) is 1.59. The maximum absolute atomic E-state index is 11.9. The number of alkyl halides is 3. The Balaban J connectivity index is 2.92. The summed E-state index contributed by atoms with van der Waals surface area (Å²) in [5.74, 6) is -0.221. The molecule has 1 nitrogen and oxygen atoms in total. The monoisotopic (exact) mass is 222 g/mol. The van der Waals surface area contributed by atoms with Crippen LogP contribution in [0.1, 0.15) is 12.5 Å². The lowest BCUT2D eigenvalue weighted by molar-refractivity contribution is -0.274. The normalized spacial score (nSPS) is 11.5. The molecule has 0 heterocycles. The highest BCUT2D eigenvalue weighted by Gasteiger charge is 2.31. The lowest BCUT2D eigenvalue weighted by Gasteiger charge is -2.10. The van der Waals surface area contributed by atoms with Gasteiger partial charge in [-0.1, -0.05) is 6.92 Å². The molecule has 1 aromatic carbocycles. The molecular formula is C9H9F3OS. The topological polar surface area (TPSA) is 9.23 Å². The molecule has 0 saturated carbocycles. The first kappa shape index (κ1) is 11.2. The number of hydrogen-bond acceptors (Lipinski definition) is 2. The van der Waals surface area contributed by atoms with Crippen molar-refractivity contribution in [2.75, 3.05) is 0 Å². The summed E-state index contributed by atoms with van der Waals surface area (Å²) in [7, 11) is 0. The van der Waals surface area contributed by atoms with Crippen LogP contribution in [-0.2, 0) is 6.42 Å². The Morgan fingerprint density at radius 1 is 1.29 bits per heavy atom. The molecule has 0 unspecified atom stereocenters. The second kappa shape index (κ2) is 4.13. The third kappa shape index (κ3) is 3.49. The van der Waals surface area contributed by atoms with Crippen molar-refractivity contribution in [2.24, 2.45) is 0 Å². The van der Waals surface area contributed by atoms with Gasteiger partial charge in [0.2, 0.25) is 0 Å². The predicted octanol–water partition coefficient (Wildman–Crippen LogP) is 3.44. The lowest BCUT2D eigenvalue weighted by atomic mass is 10.2. The maximum atomic E-state index is 11.9. The first-order chi connectivity index (χ1) is 6.40. The number of aryl methyl sites for hydroxylation is 1. The Hall–Kier alpha value is -0.840. The fourth-order valence-electron chi connectivity index (χ4n) is 1.04. The van der Waals surface area contributed by atoms with Crippen molar-refractivity contribution in [2.45, 2.75) is 24.6 Å². The van der Waals surface area contributed by atoms with E-state index in [0.29, 0.717) is 11.3 Å². The van der Waals surface area contributed by atoms with Crippen LogP contribution in [0.25, 0.3) is 0 Å². The quantitative estimate of drug-likeness (QED) is 0.754. The van der Waals surface area contributed by atoms with E-state index < -0.39 is 6.36 Å². The number of ether oxygens (including phenoxy) is 1. The SMILES string of the molecule is CCc1cc(S)cc(OC(F)(F)F)c1. The maximum Gasteiger partial charge on any atom is 0.573 e. The predicted molar refractivity (Wildman–Crippen MR) is 49.8 cm³/mol. The summed E-state index contributed by atoms with van der Waals surface area (Å²) in [5.41, 5.74) is 0.761. The van der Waals surface area contributed by atoms with E-state index in [1.807, 2.05) is 6.92 Å². The minimum absolute atomic E-state index is 0.221. The zero-order valence-corrected chi connectivity index (χ0v) is 8.32. The number of benzene rings is 1. The number of thiol groups is 1. The van der Waals surface area contributed by atoms with E-state index >= 15 is 0 Å². The third-order valence-corrected chi connectivity index (χ3v) is 1.85. The Morgan fingerprint density at radius 2 is 1.93 bits per heavy atom. The van der Waals surface area contributed by atoms with Crippen LogP contribution in [0.3, 0.4) is 0 Å². The van der Waals surface area contributed by atoms with Crippen LogP contribution in [0.15, 0.2) is 23.1 Å². The fourth-order valence-corrected chi connectivity index (χ4v) is 1.33. The van der Waals surface area contributed by atoms with Gasteiger partial charge in [0.15, 0.2) is 0 Å². The molecule has 0 N–H and O–H groups in total. The van der Waals surface area contributed by atoms with E-state index in [0.717, 1.165) is 5.56 Å². The van der Waals surface area contributed by atoms with Gasteiger partial charge in [0.05, 0.1) is 0 Å². The Labute approximate surface area is 85.3 Å². The van der Waals surface area contributed by atoms with Crippen molar-refractivity contribution in [1.82, 2.24) is 0 Å². The van der Waals surface area contributed by atoms with Crippen molar-refractivity contribution in [3.8, 4) is 5.75 Å². The molecule has 0 aliphatic heterocycles. The number of hydrogen-bond donors (Lipinski definition) is 1. The van der Waals surface area contributed by atoms with Gasteiger partial charge in [-0.2, -0.15) is 0 Å². The van der Waals surface area contributed by atoms with Gasteiger partial charge < -0.3 is 4.74 Å². The van der Waals surface area contributed by atoms with Crippen LogP contribution in [-0.4, -0.2) is 6.36 Å². The summed E-state index contributed by atoms with van der Waals surface area (Å²) in [5, 5.41) is 0. The highest BCUT2D eigenvalue weighted by molar-refractivity contribution is 7.80. The first-order valence-electron chi connectivity index (χ1n) is 3.99. The van der Waals surface area contributed by atoms with Gasteiger partial charge in [-0.25, -0.2) is 0 Å². The van der Waals surface area contributed by atoms with Gasteiger partial charge >= 0.3 is 6.36 Å². The van der Waals surface area contributed by atoms with E-state index in [9.17, 15) is 13.2 Å². The minimum atomic E-state index is -4.65. The molecule has 0 atom stereocenters. The van der Waals surface area contributed by atoms with Crippen molar-refractivity contribution in [3.63, 3.8) is 0 Å². The molecule has 78 valence electrons. The zero-order valence-electron chi connectivity index (χ0n) is 7.43. The van der Waals surface area contributed by atoms with Gasteiger partial charge in [0.25, 0.3) is 0 Å². The zero-order chi connectivity index (χ0) is 10.8. The average Bonchev–Trinajstić information content (AvgIpc) is 1.99. The molecule has 1 aromatic rings. The van der Waals surface area contributed by atoms with Gasteiger partial charge in [-0.15, -0.1) is 25.8 Å². The van der Waals surface area contributed by atoms with Gasteiger partial charge in [0, 0.05) is 4.90 Å². The van der Waals surface area contributed by atoms with Gasteiger partial charge in [0.1, 0.15) is 5.75 Å². The average molecular weight is 222 g/mol. The van der Waals surface area contributed by atoms with Crippen molar-refractivity contribution in [1.29, 1.82) is 0 Å². The smallest absolute Gasteiger partial charge is 0.406 e. The second-order valence-corrected chi connectivity index (χ2v) is 3.25. The molecule has 0 fully saturated rings. The van der Waals surface area contributed by atoms with E-state index in [4.69, 9.17) is 0 Å². The molecule has 0 radical (unpaired) electrons. The van der Waals surface area contributed by atoms with Gasteiger partial charge in [-0.05, 0) is 30.2 Å².